The van der Waals surface area contributed by atoms with E-state index in [2.05, 4.69) is 279 Å². The summed E-state index contributed by atoms with van der Waals surface area (Å²) < 4.78 is 11.8. The number of hydrogen-bond donors (Lipinski definition) is 0. The van der Waals surface area contributed by atoms with Gasteiger partial charge in [0.25, 0.3) is 0 Å². The first kappa shape index (κ1) is 46.6. The lowest BCUT2D eigenvalue weighted by Crippen LogP contribution is -1.93. The van der Waals surface area contributed by atoms with Crippen LogP contribution in [0.25, 0.3) is 183 Å². The van der Waals surface area contributed by atoms with Crippen molar-refractivity contribution in [3.05, 3.63) is 279 Å². The Balaban J connectivity index is 0.852. The Kier molecular flexibility index (Phi) is 10.2. The lowest BCUT2D eigenvalue weighted by Gasteiger charge is -2.20. The molecule has 15 aromatic carbocycles. The molecule has 3 heterocycles. The maximum atomic E-state index is 6.54. The highest BCUT2D eigenvalue weighted by atomic mass is 32.1. The van der Waals surface area contributed by atoms with Gasteiger partial charge in [0.2, 0.25) is 0 Å². The van der Waals surface area contributed by atoms with Crippen molar-refractivity contribution < 1.29 is 4.42 Å². The molecule has 0 bridgehead atoms. The van der Waals surface area contributed by atoms with Gasteiger partial charge in [0, 0.05) is 51.1 Å². The second-order valence-corrected chi connectivity index (χ2v) is 24.3. The van der Waals surface area contributed by atoms with Crippen molar-refractivity contribution >= 4 is 139 Å². The summed E-state index contributed by atoms with van der Waals surface area (Å²) in [5, 5.41) is 19.8. The quantitative estimate of drug-likeness (QED) is 0.151. The van der Waals surface area contributed by atoms with Gasteiger partial charge < -0.3 is 4.42 Å². The summed E-state index contributed by atoms with van der Waals surface area (Å²) >= 11 is 3.74. The summed E-state index contributed by atoms with van der Waals surface area (Å²) in [6.45, 7) is 0. The van der Waals surface area contributed by atoms with Crippen molar-refractivity contribution in [1.82, 2.24) is 0 Å². The van der Waals surface area contributed by atoms with E-state index in [-0.39, 0.29) is 0 Å². The lowest BCUT2D eigenvalue weighted by atomic mass is 9.83. The maximum Gasteiger partial charge on any atom is 0.136 e. The van der Waals surface area contributed by atoms with Crippen LogP contribution in [0, 0.1) is 0 Å². The van der Waals surface area contributed by atoms with E-state index in [4.69, 9.17) is 4.42 Å². The van der Waals surface area contributed by atoms with Crippen LogP contribution in [0.4, 0.5) is 0 Å². The summed E-state index contributed by atoms with van der Waals surface area (Å²) in [6, 6.07) is 104. The molecule has 18 rings (SSSR count). The Hall–Kier alpha value is -10.2. The van der Waals surface area contributed by atoms with Crippen LogP contribution in [0.1, 0.15) is 0 Å². The van der Waals surface area contributed by atoms with Gasteiger partial charge in [0.15, 0.2) is 0 Å². The first-order chi connectivity index (χ1) is 41.1. The molecule has 3 aromatic heterocycles. The third-order valence-electron chi connectivity index (χ3n) is 17.7. The number of para-hydroxylation sites is 1. The van der Waals surface area contributed by atoms with E-state index in [0.717, 1.165) is 27.5 Å². The molecule has 1 nitrogen and oxygen atoms in total. The Morgan fingerprint density at radius 1 is 0.205 bits per heavy atom. The number of thiophene rings is 2. The molecule has 0 saturated carbocycles. The van der Waals surface area contributed by atoms with Gasteiger partial charge in [0.05, 0.1) is 0 Å². The van der Waals surface area contributed by atoms with Gasteiger partial charge in [-0.2, -0.15) is 0 Å². The molecule has 384 valence electrons. The molecule has 0 atom stereocenters. The first-order valence-electron chi connectivity index (χ1n) is 28.4. The van der Waals surface area contributed by atoms with Gasteiger partial charge in [-0.25, -0.2) is 0 Å². The highest BCUT2D eigenvalue weighted by Gasteiger charge is 2.23. The molecule has 3 heteroatoms. The topological polar surface area (TPSA) is 13.1 Å². The minimum absolute atomic E-state index is 0.893. The molecular formula is C80H46OS2. The molecule has 18 aromatic rings. The standard InChI is InChI=1S/C80H46OS2/c1-2-15-50-42-54(35-32-47(50)14-1)78-59-18-3-4-19-60(59)79(65-25-13-27-72-80(65)64-20-5-8-26-71(64)81-72)63-39-36-51(43-70(63)78)48-30-33-49(34-31-48)77-61-23-11-21-55(52-37-40-75-68(44-52)57-16-6-9-28-73(57)82-75)66(61)46-67-56(22-12-24-62(67)77)53-38-41-76-69(45-53)58-17-7-10-29-74(58)83-76/h1-46H. The Morgan fingerprint density at radius 2 is 0.651 bits per heavy atom. The summed E-state index contributed by atoms with van der Waals surface area (Å²) in [6.07, 6.45) is 0. The highest BCUT2D eigenvalue weighted by molar-refractivity contribution is 7.26. The molecule has 0 radical (unpaired) electrons. The van der Waals surface area contributed by atoms with E-state index in [0.29, 0.717) is 0 Å². The summed E-state index contributed by atoms with van der Waals surface area (Å²) in [7, 11) is 0. The van der Waals surface area contributed by atoms with Crippen LogP contribution in [0.3, 0.4) is 0 Å². The van der Waals surface area contributed by atoms with Gasteiger partial charge in [-0.15, -0.1) is 22.7 Å². The molecule has 0 amide bonds. The third kappa shape index (κ3) is 7.18. The normalized spacial score (nSPS) is 12.1. The monoisotopic (exact) mass is 1090 g/mol. The van der Waals surface area contributed by atoms with Crippen molar-refractivity contribution in [1.29, 1.82) is 0 Å². The van der Waals surface area contributed by atoms with E-state index >= 15 is 0 Å². The minimum atomic E-state index is 0.893. The average molecular weight is 1090 g/mol. The van der Waals surface area contributed by atoms with Crippen LogP contribution in [0.5, 0.6) is 0 Å². The van der Waals surface area contributed by atoms with Crippen molar-refractivity contribution in [2.45, 2.75) is 0 Å². The first-order valence-corrected chi connectivity index (χ1v) is 30.1. The molecule has 0 saturated heterocycles. The minimum Gasteiger partial charge on any atom is -0.456 e. The summed E-state index contributed by atoms with van der Waals surface area (Å²) in [4.78, 5) is 0. The van der Waals surface area contributed by atoms with E-state index in [1.54, 1.807) is 0 Å². The fraction of sp³-hybridized carbons (Fsp3) is 0. The van der Waals surface area contributed by atoms with Gasteiger partial charge >= 0.3 is 0 Å². The van der Waals surface area contributed by atoms with Crippen LogP contribution < -0.4 is 0 Å². The number of hydrogen-bond acceptors (Lipinski definition) is 3. The Labute approximate surface area is 485 Å². The number of benzene rings is 15. The van der Waals surface area contributed by atoms with Crippen LogP contribution in [0.15, 0.2) is 283 Å². The second-order valence-electron chi connectivity index (χ2n) is 22.1. The molecule has 0 fully saturated rings. The number of furan rings is 1. The van der Waals surface area contributed by atoms with Crippen LogP contribution in [0.2, 0.25) is 0 Å². The summed E-state index contributed by atoms with van der Waals surface area (Å²) in [5.41, 5.74) is 16.3. The van der Waals surface area contributed by atoms with Gasteiger partial charge in [0.1, 0.15) is 11.2 Å². The van der Waals surface area contributed by atoms with Crippen LogP contribution in [-0.4, -0.2) is 0 Å². The maximum absolute atomic E-state index is 6.54. The van der Waals surface area contributed by atoms with E-state index < -0.39 is 0 Å². The zero-order chi connectivity index (χ0) is 54.3. The van der Waals surface area contributed by atoms with Crippen LogP contribution >= 0.6 is 22.7 Å². The molecule has 0 aliphatic rings. The zero-order valence-electron chi connectivity index (χ0n) is 44.8. The summed E-state index contributed by atoms with van der Waals surface area (Å²) in [5.74, 6) is 0. The molecule has 0 aliphatic heterocycles. The van der Waals surface area contributed by atoms with Crippen LogP contribution in [-0.2, 0) is 0 Å². The smallest absolute Gasteiger partial charge is 0.136 e. The number of rotatable bonds is 6. The second kappa shape index (κ2) is 18.2. The predicted octanol–water partition coefficient (Wildman–Crippen LogP) is 24.1. The van der Waals surface area contributed by atoms with E-state index in [1.165, 1.54) is 155 Å². The van der Waals surface area contributed by atoms with E-state index in [1.807, 2.05) is 22.7 Å². The van der Waals surface area contributed by atoms with Crippen molar-refractivity contribution in [3.63, 3.8) is 0 Å². The average Bonchev–Trinajstić information content (AvgIpc) is 4.31. The molecule has 0 spiro atoms. The number of fused-ring (bicyclic) bond motifs is 14. The molecule has 0 N–H and O–H groups in total. The molecule has 0 aliphatic carbocycles. The SMILES string of the molecule is c1ccc2cc(-c3c4ccccc4c(-c4cccc5oc6ccccc6c45)c4ccc(-c5ccc(-c6c7cccc(-c8ccc9sc%10ccccc%10c9c8)c7cc7c(-c8ccc9sc%10ccccc%10c9c8)cccc67)cc5)cc34)ccc2c1. The predicted molar refractivity (Wildman–Crippen MR) is 360 cm³/mol. The van der Waals surface area contributed by atoms with Gasteiger partial charge in [-0.3, -0.25) is 0 Å². The molecular weight excluding hydrogens is 1040 g/mol. The van der Waals surface area contributed by atoms with Crippen molar-refractivity contribution in [2.75, 3.05) is 0 Å². The van der Waals surface area contributed by atoms with Gasteiger partial charge in [-0.1, -0.05) is 212 Å². The fourth-order valence-corrected chi connectivity index (χ4v) is 16.1. The Bertz CT molecular complexity index is 5580. The molecule has 0 unspecified atom stereocenters. The van der Waals surface area contributed by atoms with Crippen molar-refractivity contribution in [2.24, 2.45) is 0 Å². The lowest BCUT2D eigenvalue weighted by molar-refractivity contribution is 0.669. The largest absolute Gasteiger partial charge is 0.456 e. The molecule has 83 heavy (non-hydrogen) atoms. The third-order valence-corrected chi connectivity index (χ3v) is 20.0. The van der Waals surface area contributed by atoms with Gasteiger partial charge in [-0.05, 0) is 187 Å². The highest BCUT2D eigenvalue weighted by Crippen LogP contribution is 2.50. The zero-order valence-corrected chi connectivity index (χ0v) is 46.4. The van der Waals surface area contributed by atoms with E-state index in [9.17, 15) is 0 Å². The van der Waals surface area contributed by atoms with Crippen molar-refractivity contribution in [3.8, 4) is 66.8 Å². The Morgan fingerprint density at radius 3 is 1.34 bits per heavy atom. The fourth-order valence-electron chi connectivity index (χ4n) is 13.9.